The molecule has 1 aromatic carbocycles. The molecule has 24 heavy (non-hydrogen) atoms. The van der Waals surface area contributed by atoms with Crippen LogP contribution in [-0.4, -0.2) is 45.1 Å². The summed E-state index contributed by atoms with van der Waals surface area (Å²) in [5.74, 6) is -0.721. The number of rotatable bonds is 4. The zero-order chi connectivity index (χ0) is 17.3. The fraction of sp³-hybridized carbons (Fsp3) is 0.500. The van der Waals surface area contributed by atoms with Crippen molar-refractivity contribution < 1.29 is 22.7 Å². The summed E-state index contributed by atoms with van der Waals surface area (Å²) in [4.78, 5) is 25.4. The number of sulfone groups is 1. The van der Waals surface area contributed by atoms with E-state index in [9.17, 15) is 18.0 Å². The summed E-state index contributed by atoms with van der Waals surface area (Å²) in [6, 6.07) is 7.05. The maximum Gasteiger partial charge on any atom is 0.414 e. The first kappa shape index (κ1) is 16.8. The number of carbonyl (C=O) groups is 2. The molecule has 130 valence electrons. The van der Waals surface area contributed by atoms with Gasteiger partial charge in [0.25, 0.3) is 0 Å². The molecule has 1 aromatic rings. The van der Waals surface area contributed by atoms with Crippen molar-refractivity contribution in [3.8, 4) is 0 Å². The minimum atomic E-state index is -3.08. The fourth-order valence-corrected chi connectivity index (χ4v) is 4.75. The number of hydrogen-bond acceptors (Lipinski definition) is 5. The molecule has 0 aliphatic carbocycles. The molecule has 0 aromatic heterocycles. The summed E-state index contributed by atoms with van der Waals surface area (Å²) in [6.45, 7) is 2.71. The highest BCUT2D eigenvalue weighted by Gasteiger charge is 2.33. The number of carbonyl (C=O) groups excluding carboxylic acids is 2. The molecular formula is C16H20N2O5S. The number of nitrogens with zero attached hydrogens (tertiary/aromatic N) is 1. The second-order valence-corrected chi connectivity index (χ2v) is 8.42. The number of benzene rings is 1. The average Bonchev–Trinajstić information content (AvgIpc) is 3.12. The average molecular weight is 352 g/mol. The summed E-state index contributed by atoms with van der Waals surface area (Å²) in [7, 11) is -3.08. The van der Waals surface area contributed by atoms with Crippen LogP contribution in [-0.2, 0) is 19.4 Å². The largest absolute Gasteiger partial charge is 0.447 e. The molecule has 8 heteroatoms. The molecule has 2 atom stereocenters. The van der Waals surface area contributed by atoms with E-state index in [0.717, 1.165) is 11.3 Å². The highest BCUT2D eigenvalue weighted by Crippen LogP contribution is 2.24. The Balaban J connectivity index is 1.68. The van der Waals surface area contributed by atoms with Crippen molar-refractivity contribution in [1.82, 2.24) is 5.32 Å². The molecule has 0 bridgehead atoms. The van der Waals surface area contributed by atoms with E-state index in [2.05, 4.69) is 5.32 Å². The highest BCUT2D eigenvalue weighted by atomic mass is 32.2. The van der Waals surface area contributed by atoms with E-state index in [1.54, 1.807) is 4.90 Å². The van der Waals surface area contributed by atoms with Gasteiger partial charge in [0, 0.05) is 5.69 Å². The summed E-state index contributed by atoms with van der Waals surface area (Å²) < 4.78 is 27.9. The Morgan fingerprint density at radius 3 is 2.83 bits per heavy atom. The molecule has 2 saturated heterocycles. The Labute approximate surface area is 140 Å². The van der Waals surface area contributed by atoms with Crippen LogP contribution in [0.15, 0.2) is 24.3 Å². The molecule has 3 rings (SSSR count). The van der Waals surface area contributed by atoms with Gasteiger partial charge in [-0.05, 0) is 31.0 Å². The van der Waals surface area contributed by atoms with Gasteiger partial charge >= 0.3 is 6.09 Å². The molecule has 2 aliphatic heterocycles. The lowest BCUT2D eigenvalue weighted by Gasteiger charge is -2.19. The molecule has 2 amide bonds. The number of nitrogens with one attached hydrogen (secondary N) is 1. The van der Waals surface area contributed by atoms with Gasteiger partial charge in [0.15, 0.2) is 9.84 Å². The van der Waals surface area contributed by atoms with E-state index in [1.807, 2.05) is 31.2 Å². The van der Waals surface area contributed by atoms with Crippen LogP contribution in [0.2, 0.25) is 0 Å². The third-order valence-corrected chi connectivity index (χ3v) is 6.17. The maximum atomic E-state index is 12.2. The minimum Gasteiger partial charge on any atom is -0.447 e. The molecular weight excluding hydrogens is 332 g/mol. The first-order valence-corrected chi connectivity index (χ1v) is 9.73. The van der Waals surface area contributed by atoms with Gasteiger partial charge in [-0.15, -0.1) is 0 Å². The third kappa shape index (κ3) is 3.53. The number of amides is 2. The summed E-state index contributed by atoms with van der Waals surface area (Å²) in [5, 5.41) is 2.87. The molecule has 0 saturated carbocycles. The van der Waals surface area contributed by atoms with Gasteiger partial charge in [-0.1, -0.05) is 12.1 Å². The van der Waals surface area contributed by atoms with Crippen molar-refractivity contribution in [2.24, 2.45) is 5.92 Å². The van der Waals surface area contributed by atoms with Crippen molar-refractivity contribution in [1.29, 1.82) is 0 Å². The lowest BCUT2D eigenvalue weighted by Crippen LogP contribution is -2.33. The molecule has 2 fully saturated rings. The van der Waals surface area contributed by atoms with Crippen molar-refractivity contribution >= 4 is 27.5 Å². The van der Waals surface area contributed by atoms with Crippen LogP contribution in [0.5, 0.6) is 0 Å². The molecule has 2 aliphatic rings. The van der Waals surface area contributed by atoms with Gasteiger partial charge in [-0.3, -0.25) is 9.69 Å². The van der Waals surface area contributed by atoms with E-state index in [1.165, 1.54) is 0 Å². The predicted octanol–water partition coefficient (Wildman–Crippen LogP) is 1.26. The van der Waals surface area contributed by atoms with Crippen molar-refractivity contribution in [2.75, 3.05) is 29.6 Å². The Hall–Kier alpha value is -2.09. The Morgan fingerprint density at radius 2 is 2.21 bits per heavy atom. The first-order valence-electron chi connectivity index (χ1n) is 7.91. The summed E-state index contributed by atoms with van der Waals surface area (Å²) in [6.07, 6.45) is 0.000541. The zero-order valence-electron chi connectivity index (χ0n) is 13.4. The molecule has 2 heterocycles. The van der Waals surface area contributed by atoms with E-state index in [-0.39, 0.29) is 29.5 Å². The van der Waals surface area contributed by atoms with Crippen molar-refractivity contribution in [3.63, 3.8) is 0 Å². The van der Waals surface area contributed by atoms with Gasteiger partial charge in [0.2, 0.25) is 5.91 Å². The monoisotopic (exact) mass is 352 g/mol. The Morgan fingerprint density at radius 1 is 1.42 bits per heavy atom. The summed E-state index contributed by atoms with van der Waals surface area (Å²) >= 11 is 0. The van der Waals surface area contributed by atoms with Gasteiger partial charge in [-0.25, -0.2) is 13.2 Å². The lowest BCUT2D eigenvalue weighted by molar-refractivity contribution is -0.124. The lowest BCUT2D eigenvalue weighted by atomic mass is 10.0. The third-order valence-electron chi connectivity index (χ3n) is 4.40. The molecule has 1 N–H and O–H groups in total. The SMILES string of the molecule is C[C@H](NC(=O)[C@@H]1CCS(=O)(=O)C1)c1cccc(N2CCOC2=O)c1. The quantitative estimate of drug-likeness (QED) is 0.880. The second-order valence-electron chi connectivity index (χ2n) is 6.19. The summed E-state index contributed by atoms with van der Waals surface area (Å²) in [5.41, 5.74) is 1.57. The second kappa shape index (κ2) is 6.43. The Bertz CT molecular complexity index is 761. The molecule has 0 unspecified atom stereocenters. The molecule has 0 spiro atoms. The van der Waals surface area contributed by atoms with Crippen LogP contribution in [0.1, 0.15) is 24.9 Å². The van der Waals surface area contributed by atoms with Crippen LogP contribution in [0.3, 0.4) is 0 Å². The number of hydrogen-bond donors (Lipinski definition) is 1. The molecule has 0 radical (unpaired) electrons. The molecule has 7 nitrogen and oxygen atoms in total. The predicted molar refractivity (Wildman–Crippen MR) is 88.5 cm³/mol. The first-order chi connectivity index (χ1) is 11.4. The topological polar surface area (TPSA) is 92.8 Å². The normalized spacial score (nSPS) is 23.8. The van der Waals surface area contributed by atoms with Crippen LogP contribution < -0.4 is 10.2 Å². The van der Waals surface area contributed by atoms with Crippen LogP contribution in [0.4, 0.5) is 10.5 Å². The van der Waals surface area contributed by atoms with Gasteiger partial charge in [0.1, 0.15) is 6.61 Å². The number of anilines is 1. The van der Waals surface area contributed by atoms with Crippen LogP contribution in [0.25, 0.3) is 0 Å². The van der Waals surface area contributed by atoms with Crippen LogP contribution in [0, 0.1) is 5.92 Å². The van der Waals surface area contributed by atoms with Crippen LogP contribution >= 0.6 is 0 Å². The van der Waals surface area contributed by atoms with Crippen molar-refractivity contribution in [2.45, 2.75) is 19.4 Å². The van der Waals surface area contributed by atoms with E-state index in [4.69, 9.17) is 4.74 Å². The smallest absolute Gasteiger partial charge is 0.414 e. The highest BCUT2D eigenvalue weighted by molar-refractivity contribution is 7.91. The van der Waals surface area contributed by atoms with E-state index < -0.39 is 15.8 Å². The van der Waals surface area contributed by atoms with Gasteiger partial charge in [-0.2, -0.15) is 0 Å². The number of ether oxygens (including phenoxy) is 1. The minimum absolute atomic E-state index is 0.0754. The van der Waals surface area contributed by atoms with Gasteiger partial charge in [0.05, 0.1) is 30.0 Å². The van der Waals surface area contributed by atoms with E-state index >= 15 is 0 Å². The van der Waals surface area contributed by atoms with E-state index in [0.29, 0.717) is 19.6 Å². The standard InChI is InChI=1S/C16H20N2O5S/c1-11(17-15(19)13-5-8-24(21,22)10-13)12-3-2-4-14(9-12)18-6-7-23-16(18)20/h2-4,9,11,13H,5-8,10H2,1H3,(H,17,19)/t11-,13+/m0/s1. The van der Waals surface area contributed by atoms with Crippen molar-refractivity contribution in [3.05, 3.63) is 29.8 Å². The fourth-order valence-electron chi connectivity index (χ4n) is 3.01. The van der Waals surface area contributed by atoms with Gasteiger partial charge < -0.3 is 10.1 Å². The Kier molecular flexibility index (Phi) is 4.49. The zero-order valence-corrected chi connectivity index (χ0v) is 14.2. The number of cyclic esters (lactones) is 1. The maximum absolute atomic E-state index is 12.2.